The molecule has 1 aromatic heterocycles. The van der Waals surface area contributed by atoms with Crippen LogP contribution in [0.3, 0.4) is 0 Å². The first-order valence-electron chi connectivity index (χ1n) is 5.83. The Bertz CT molecular complexity index is 470. The first kappa shape index (κ1) is 13.0. The lowest BCUT2D eigenvalue weighted by Gasteiger charge is -2.36. The molecule has 0 spiro atoms. The van der Waals surface area contributed by atoms with Crippen LogP contribution in [-0.4, -0.2) is 32.4 Å². The molecule has 0 aromatic carbocycles. The minimum Gasteiger partial charge on any atom is -0.492 e. The Balaban J connectivity index is 2.35. The number of anilines is 2. The minimum absolute atomic E-state index is 0.160. The number of ether oxygens (including phenoxy) is 2. The van der Waals surface area contributed by atoms with Crippen LogP contribution in [0.15, 0.2) is 0 Å². The Labute approximate surface area is 111 Å². The van der Waals surface area contributed by atoms with Crippen molar-refractivity contribution in [1.29, 1.82) is 5.26 Å². The van der Waals surface area contributed by atoms with Gasteiger partial charge in [0.25, 0.3) is 0 Å². The summed E-state index contributed by atoms with van der Waals surface area (Å²) >= 11 is 1.38. The van der Waals surface area contributed by atoms with E-state index in [4.69, 9.17) is 20.5 Å². The number of nitrogen functional groups attached to an aromatic ring is 1. The average Bonchev–Trinajstić information content (AvgIpc) is 2.64. The lowest BCUT2D eigenvalue weighted by Crippen LogP contribution is -2.45. The molecule has 1 aliphatic rings. The molecule has 2 atom stereocenters. The summed E-state index contributed by atoms with van der Waals surface area (Å²) in [6.07, 6.45) is 0.319. The summed E-state index contributed by atoms with van der Waals surface area (Å²) in [5.74, 6) is 0.609. The van der Waals surface area contributed by atoms with Crippen LogP contribution in [-0.2, 0) is 4.74 Å². The molecule has 2 heterocycles. The normalized spacial score (nSPS) is 23.8. The molecule has 1 aliphatic heterocycles. The zero-order chi connectivity index (χ0) is 13.3. The molecule has 6 heteroatoms. The van der Waals surface area contributed by atoms with E-state index in [9.17, 15) is 0 Å². The summed E-state index contributed by atoms with van der Waals surface area (Å²) in [5.41, 5.74) is 6.34. The molecule has 0 bridgehead atoms. The van der Waals surface area contributed by atoms with Gasteiger partial charge in [0, 0.05) is 13.1 Å². The van der Waals surface area contributed by atoms with Crippen molar-refractivity contribution in [1.82, 2.24) is 0 Å². The molecule has 1 saturated heterocycles. The SMILES string of the molecule is COc1c(N2C[C@@H](C)O[C@@H](C)C2)sc(C#N)c1N. The third kappa shape index (κ3) is 2.24. The Morgan fingerprint density at radius 2 is 2.06 bits per heavy atom. The van der Waals surface area contributed by atoms with Crippen LogP contribution in [0.2, 0.25) is 0 Å². The van der Waals surface area contributed by atoms with E-state index in [1.54, 1.807) is 7.11 Å². The van der Waals surface area contributed by atoms with E-state index in [1.807, 2.05) is 13.8 Å². The zero-order valence-corrected chi connectivity index (χ0v) is 11.6. The summed E-state index contributed by atoms with van der Waals surface area (Å²) < 4.78 is 11.0. The molecule has 0 unspecified atom stereocenters. The van der Waals surface area contributed by atoms with Crippen LogP contribution in [0.25, 0.3) is 0 Å². The summed E-state index contributed by atoms with van der Waals surface area (Å²) in [4.78, 5) is 2.69. The van der Waals surface area contributed by atoms with Crippen LogP contribution in [0.4, 0.5) is 10.7 Å². The van der Waals surface area contributed by atoms with Crippen molar-refractivity contribution in [2.75, 3.05) is 30.8 Å². The molecule has 0 aliphatic carbocycles. The predicted octanol–water partition coefficient (Wildman–Crippen LogP) is 1.82. The van der Waals surface area contributed by atoms with Gasteiger partial charge in [-0.05, 0) is 13.8 Å². The number of nitrogens with two attached hydrogens (primary N) is 1. The number of thiophene rings is 1. The highest BCUT2D eigenvalue weighted by molar-refractivity contribution is 7.17. The molecule has 98 valence electrons. The number of methoxy groups -OCH3 is 1. The van der Waals surface area contributed by atoms with E-state index >= 15 is 0 Å². The molecular formula is C12H17N3O2S. The number of hydrogen-bond acceptors (Lipinski definition) is 6. The van der Waals surface area contributed by atoms with Gasteiger partial charge < -0.3 is 20.1 Å². The molecule has 1 fully saturated rings. The maximum atomic E-state index is 9.04. The lowest BCUT2D eigenvalue weighted by molar-refractivity contribution is -0.00510. The van der Waals surface area contributed by atoms with Crippen LogP contribution >= 0.6 is 11.3 Å². The van der Waals surface area contributed by atoms with Gasteiger partial charge in [0.05, 0.1) is 19.3 Å². The molecule has 1 aromatic rings. The molecule has 18 heavy (non-hydrogen) atoms. The molecule has 2 rings (SSSR count). The van der Waals surface area contributed by atoms with Gasteiger partial charge in [0.15, 0.2) is 5.75 Å². The molecule has 2 N–H and O–H groups in total. The van der Waals surface area contributed by atoms with Gasteiger partial charge in [-0.3, -0.25) is 0 Å². The topological polar surface area (TPSA) is 71.5 Å². The van der Waals surface area contributed by atoms with Crippen LogP contribution < -0.4 is 15.4 Å². The number of rotatable bonds is 2. The van der Waals surface area contributed by atoms with E-state index < -0.39 is 0 Å². The van der Waals surface area contributed by atoms with Gasteiger partial charge in [-0.15, -0.1) is 11.3 Å². The Hall–Kier alpha value is -1.45. The van der Waals surface area contributed by atoms with Crippen molar-refractivity contribution in [3.05, 3.63) is 4.88 Å². The summed E-state index contributed by atoms with van der Waals surface area (Å²) in [6, 6.07) is 2.11. The Morgan fingerprint density at radius 1 is 1.44 bits per heavy atom. The van der Waals surface area contributed by atoms with E-state index in [2.05, 4.69) is 11.0 Å². The predicted molar refractivity (Wildman–Crippen MR) is 72.2 cm³/mol. The third-order valence-corrected chi connectivity index (χ3v) is 4.05. The van der Waals surface area contributed by atoms with Crippen molar-refractivity contribution in [2.45, 2.75) is 26.1 Å². The smallest absolute Gasteiger partial charge is 0.177 e. The Kier molecular flexibility index (Phi) is 3.64. The Morgan fingerprint density at radius 3 is 2.56 bits per heavy atom. The van der Waals surface area contributed by atoms with Crippen molar-refractivity contribution in [3.8, 4) is 11.8 Å². The van der Waals surface area contributed by atoms with Crippen molar-refractivity contribution >= 4 is 22.0 Å². The number of morpholine rings is 1. The van der Waals surface area contributed by atoms with E-state index in [1.165, 1.54) is 11.3 Å². The van der Waals surface area contributed by atoms with E-state index in [0.29, 0.717) is 16.3 Å². The van der Waals surface area contributed by atoms with Gasteiger partial charge in [-0.2, -0.15) is 5.26 Å². The van der Waals surface area contributed by atoms with Gasteiger partial charge in [-0.25, -0.2) is 0 Å². The van der Waals surface area contributed by atoms with E-state index in [0.717, 1.165) is 18.1 Å². The summed E-state index contributed by atoms with van der Waals surface area (Å²) in [7, 11) is 1.58. The maximum Gasteiger partial charge on any atom is 0.177 e. The first-order chi connectivity index (χ1) is 8.56. The first-order valence-corrected chi connectivity index (χ1v) is 6.65. The molecule has 0 radical (unpaired) electrons. The molecule has 0 amide bonds. The fourth-order valence-electron chi connectivity index (χ4n) is 2.25. The minimum atomic E-state index is 0.160. The number of nitrogens with zero attached hydrogens (tertiary/aromatic N) is 2. The largest absolute Gasteiger partial charge is 0.492 e. The standard InChI is InChI=1S/C12H17N3O2S/c1-7-5-15(6-8(2)17-7)12-11(16-3)10(14)9(4-13)18-12/h7-8H,5-6,14H2,1-3H3/t7-,8+. The van der Waals surface area contributed by atoms with Gasteiger partial charge in [-0.1, -0.05) is 0 Å². The van der Waals surface area contributed by atoms with Crippen LogP contribution in [0.5, 0.6) is 5.75 Å². The highest BCUT2D eigenvalue weighted by atomic mass is 32.1. The molecular weight excluding hydrogens is 250 g/mol. The second-order valence-corrected chi connectivity index (χ2v) is 5.46. The lowest BCUT2D eigenvalue weighted by atomic mass is 10.2. The summed E-state index contributed by atoms with van der Waals surface area (Å²) in [6.45, 7) is 5.64. The molecule has 5 nitrogen and oxygen atoms in total. The second kappa shape index (κ2) is 5.04. The van der Waals surface area contributed by atoms with Gasteiger partial charge in [0.1, 0.15) is 21.6 Å². The number of hydrogen-bond donors (Lipinski definition) is 1. The quantitative estimate of drug-likeness (QED) is 0.885. The number of nitriles is 1. The monoisotopic (exact) mass is 267 g/mol. The van der Waals surface area contributed by atoms with Crippen molar-refractivity contribution in [3.63, 3.8) is 0 Å². The second-order valence-electron chi connectivity index (χ2n) is 4.46. The van der Waals surface area contributed by atoms with E-state index in [-0.39, 0.29) is 12.2 Å². The van der Waals surface area contributed by atoms with Crippen LogP contribution in [0, 0.1) is 11.3 Å². The van der Waals surface area contributed by atoms with Gasteiger partial charge in [0.2, 0.25) is 0 Å². The highest BCUT2D eigenvalue weighted by Crippen LogP contribution is 2.45. The highest BCUT2D eigenvalue weighted by Gasteiger charge is 2.28. The van der Waals surface area contributed by atoms with Crippen LogP contribution in [0.1, 0.15) is 18.7 Å². The average molecular weight is 267 g/mol. The third-order valence-electron chi connectivity index (χ3n) is 2.89. The zero-order valence-electron chi connectivity index (χ0n) is 10.8. The van der Waals surface area contributed by atoms with Crippen molar-refractivity contribution in [2.24, 2.45) is 0 Å². The summed E-state index contributed by atoms with van der Waals surface area (Å²) in [5, 5.41) is 9.96. The van der Waals surface area contributed by atoms with Gasteiger partial charge >= 0.3 is 0 Å². The maximum absolute atomic E-state index is 9.04. The molecule has 0 saturated carbocycles. The van der Waals surface area contributed by atoms with Crippen molar-refractivity contribution < 1.29 is 9.47 Å². The fourth-order valence-corrected chi connectivity index (χ4v) is 3.25. The fraction of sp³-hybridized carbons (Fsp3) is 0.583.